The van der Waals surface area contributed by atoms with E-state index in [0.29, 0.717) is 32.6 Å². The minimum Gasteiger partial charge on any atom is -0.494 e. The number of benzene rings is 2. The van der Waals surface area contributed by atoms with Crippen molar-refractivity contribution in [3.8, 4) is 11.5 Å². The first-order valence-corrected chi connectivity index (χ1v) is 10.7. The number of para-hydroxylation sites is 1. The Morgan fingerprint density at radius 3 is 2.38 bits per heavy atom. The fourth-order valence-electron chi connectivity index (χ4n) is 3.70. The van der Waals surface area contributed by atoms with Crippen molar-refractivity contribution < 1.29 is 14.3 Å². The summed E-state index contributed by atoms with van der Waals surface area (Å²) in [6, 6.07) is 18.2. The van der Waals surface area contributed by atoms with Crippen molar-refractivity contribution in [2.24, 2.45) is 0 Å². The lowest BCUT2D eigenvalue weighted by Gasteiger charge is -2.28. The van der Waals surface area contributed by atoms with E-state index in [1.807, 2.05) is 49.4 Å². The molecule has 1 atom stereocenters. The highest BCUT2D eigenvalue weighted by atomic mass is 16.5. The number of carbonyl (C=O) groups is 1. The molecule has 1 N–H and O–H groups in total. The number of nitrogens with one attached hydrogen (secondary N) is 1. The third kappa shape index (κ3) is 6.79. The molecule has 29 heavy (non-hydrogen) atoms. The summed E-state index contributed by atoms with van der Waals surface area (Å²) in [4.78, 5) is 14.8. The number of hydrogen-bond acceptors (Lipinski definition) is 4. The molecule has 0 spiro atoms. The van der Waals surface area contributed by atoms with E-state index in [0.717, 1.165) is 24.6 Å². The molecule has 0 aliphatic carbocycles. The van der Waals surface area contributed by atoms with Crippen LogP contribution >= 0.6 is 0 Å². The van der Waals surface area contributed by atoms with Gasteiger partial charge in [-0.05, 0) is 69.1 Å². The summed E-state index contributed by atoms with van der Waals surface area (Å²) in [5.74, 6) is 1.81. The number of hydrogen-bond donors (Lipinski definition) is 1. The second-order valence-corrected chi connectivity index (χ2v) is 7.33. The molecular formula is C24H32N2O3. The van der Waals surface area contributed by atoms with Crippen molar-refractivity contribution in [3.63, 3.8) is 0 Å². The van der Waals surface area contributed by atoms with Crippen molar-refractivity contribution in [2.75, 3.05) is 32.8 Å². The second-order valence-electron chi connectivity index (χ2n) is 7.33. The van der Waals surface area contributed by atoms with Crippen molar-refractivity contribution >= 4 is 5.91 Å². The highest BCUT2D eigenvalue weighted by molar-refractivity contribution is 5.75. The van der Waals surface area contributed by atoms with E-state index in [4.69, 9.17) is 9.47 Å². The quantitative estimate of drug-likeness (QED) is 0.579. The second kappa shape index (κ2) is 11.5. The SMILES string of the molecule is CCOc1ccc(C(CNC(=O)CCCOc2ccccc2)N2CCCC2)cc1. The van der Waals surface area contributed by atoms with E-state index in [1.165, 1.54) is 18.4 Å². The Hall–Kier alpha value is -2.53. The zero-order chi connectivity index (χ0) is 20.3. The Bertz CT molecular complexity index is 728. The zero-order valence-corrected chi connectivity index (χ0v) is 17.3. The lowest BCUT2D eigenvalue weighted by atomic mass is 10.0. The minimum atomic E-state index is 0.0804. The molecule has 1 aliphatic rings. The number of carbonyl (C=O) groups excluding carboxylic acids is 1. The van der Waals surface area contributed by atoms with Crippen LogP contribution in [0.5, 0.6) is 11.5 Å². The molecule has 0 bridgehead atoms. The maximum atomic E-state index is 12.3. The van der Waals surface area contributed by atoms with E-state index < -0.39 is 0 Å². The predicted octanol–water partition coefficient (Wildman–Crippen LogP) is 4.20. The first-order chi connectivity index (χ1) is 14.3. The molecule has 156 valence electrons. The Balaban J connectivity index is 1.47. The van der Waals surface area contributed by atoms with E-state index in [9.17, 15) is 4.79 Å². The van der Waals surface area contributed by atoms with Crippen LogP contribution in [0.3, 0.4) is 0 Å². The van der Waals surface area contributed by atoms with Gasteiger partial charge in [0.1, 0.15) is 11.5 Å². The maximum Gasteiger partial charge on any atom is 0.220 e. The van der Waals surface area contributed by atoms with Gasteiger partial charge >= 0.3 is 0 Å². The monoisotopic (exact) mass is 396 g/mol. The molecule has 0 aromatic heterocycles. The van der Waals surface area contributed by atoms with Crippen molar-refractivity contribution in [1.82, 2.24) is 10.2 Å². The summed E-state index contributed by atoms with van der Waals surface area (Å²) in [5.41, 5.74) is 1.23. The number of likely N-dealkylation sites (tertiary alicyclic amines) is 1. The van der Waals surface area contributed by atoms with E-state index >= 15 is 0 Å². The van der Waals surface area contributed by atoms with Crippen LogP contribution in [0, 0.1) is 0 Å². The third-order valence-corrected chi connectivity index (χ3v) is 5.21. The number of nitrogens with zero attached hydrogens (tertiary/aromatic N) is 1. The molecular weight excluding hydrogens is 364 g/mol. The molecule has 2 aromatic rings. The first kappa shape index (κ1) is 21.2. The van der Waals surface area contributed by atoms with Crippen LogP contribution in [0.2, 0.25) is 0 Å². The number of amides is 1. The smallest absolute Gasteiger partial charge is 0.220 e. The largest absolute Gasteiger partial charge is 0.494 e. The van der Waals surface area contributed by atoms with Crippen molar-refractivity contribution in [2.45, 2.75) is 38.6 Å². The van der Waals surface area contributed by atoms with Gasteiger partial charge in [0.2, 0.25) is 5.91 Å². The average Bonchev–Trinajstić information content (AvgIpc) is 3.28. The molecule has 1 unspecified atom stereocenters. The first-order valence-electron chi connectivity index (χ1n) is 10.7. The summed E-state index contributed by atoms with van der Waals surface area (Å²) < 4.78 is 11.2. The Kier molecular flexibility index (Phi) is 8.38. The fourth-order valence-corrected chi connectivity index (χ4v) is 3.70. The van der Waals surface area contributed by atoms with Gasteiger partial charge in [-0.2, -0.15) is 0 Å². The van der Waals surface area contributed by atoms with Crippen molar-refractivity contribution in [1.29, 1.82) is 0 Å². The Labute approximate surface area is 174 Å². The van der Waals surface area contributed by atoms with Crippen LogP contribution in [-0.4, -0.2) is 43.7 Å². The molecule has 1 heterocycles. The summed E-state index contributed by atoms with van der Waals surface area (Å²) in [7, 11) is 0. The molecule has 0 saturated carbocycles. The van der Waals surface area contributed by atoms with E-state index in [2.05, 4.69) is 22.3 Å². The topological polar surface area (TPSA) is 50.8 Å². The standard InChI is InChI=1S/C24H32N2O3/c1-2-28-22-14-12-20(13-15-22)23(26-16-6-7-17-26)19-25-24(27)11-8-18-29-21-9-4-3-5-10-21/h3-5,9-10,12-15,23H,2,6-8,11,16-19H2,1H3,(H,25,27). The molecule has 5 heteroatoms. The van der Waals surface area contributed by atoms with Crippen LogP contribution in [0.15, 0.2) is 54.6 Å². The highest BCUT2D eigenvalue weighted by Crippen LogP contribution is 2.26. The lowest BCUT2D eigenvalue weighted by molar-refractivity contribution is -0.121. The predicted molar refractivity (Wildman–Crippen MR) is 115 cm³/mol. The molecule has 1 aliphatic heterocycles. The molecule has 3 rings (SSSR count). The molecule has 5 nitrogen and oxygen atoms in total. The summed E-state index contributed by atoms with van der Waals surface area (Å²) >= 11 is 0. The van der Waals surface area contributed by atoms with Gasteiger partial charge in [-0.1, -0.05) is 30.3 Å². The molecule has 1 saturated heterocycles. The van der Waals surface area contributed by atoms with Gasteiger partial charge in [0, 0.05) is 13.0 Å². The highest BCUT2D eigenvalue weighted by Gasteiger charge is 2.24. The van der Waals surface area contributed by atoms with Crippen LogP contribution in [0.25, 0.3) is 0 Å². The van der Waals surface area contributed by atoms with Gasteiger partial charge in [0.25, 0.3) is 0 Å². The van der Waals surface area contributed by atoms with Crippen LogP contribution in [0.4, 0.5) is 0 Å². The third-order valence-electron chi connectivity index (χ3n) is 5.21. The van der Waals surface area contributed by atoms with Crippen molar-refractivity contribution in [3.05, 3.63) is 60.2 Å². The summed E-state index contributed by atoms with van der Waals surface area (Å²) in [5, 5.41) is 3.13. The zero-order valence-electron chi connectivity index (χ0n) is 17.3. The van der Waals surface area contributed by atoms with E-state index in [1.54, 1.807) is 0 Å². The summed E-state index contributed by atoms with van der Waals surface area (Å²) in [6.07, 6.45) is 3.62. The van der Waals surface area contributed by atoms with Crippen LogP contribution in [0.1, 0.15) is 44.2 Å². The Morgan fingerprint density at radius 2 is 1.69 bits per heavy atom. The Morgan fingerprint density at radius 1 is 1.00 bits per heavy atom. The van der Waals surface area contributed by atoms with Gasteiger partial charge in [0.05, 0.1) is 19.3 Å². The van der Waals surface area contributed by atoms with Crippen LogP contribution < -0.4 is 14.8 Å². The average molecular weight is 397 g/mol. The minimum absolute atomic E-state index is 0.0804. The molecule has 1 amide bonds. The molecule has 1 fully saturated rings. The summed E-state index contributed by atoms with van der Waals surface area (Å²) in [6.45, 7) is 6.00. The molecule has 2 aromatic carbocycles. The van der Waals surface area contributed by atoms with Gasteiger partial charge in [-0.3, -0.25) is 9.69 Å². The van der Waals surface area contributed by atoms with Gasteiger partial charge in [-0.25, -0.2) is 0 Å². The lowest BCUT2D eigenvalue weighted by Crippen LogP contribution is -2.36. The van der Waals surface area contributed by atoms with Gasteiger partial charge < -0.3 is 14.8 Å². The fraction of sp³-hybridized carbons (Fsp3) is 0.458. The van der Waals surface area contributed by atoms with Gasteiger partial charge in [0.15, 0.2) is 0 Å². The van der Waals surface area contributed by atoms with E-state index in [-0.39, 0.29) is 11.9 Å². The van der Waals surface area contributed by atoms with Crippen LogP contribution in [-0.2, 0) is 4.79 Å². The molecule has 0 radical (unpaired) electrons. The van der Waals surface area contributed by atoms with Gasteiger partial charge in [-0.15, -0.1) is 0 Å². The maximum absolute atomic E-state index is 12.3. The normalized spacial score (nSPS) is 15.1. The number of rotatable bonds is 11. The number of ether oxygens (including phenoxy) is 2.